The van der Waals surface area contributed by atoms with Crippen molar-refractivity contribution in [2.45, 2.75) is 19.5 Å². The fraction of sp³-hybridized carbons (Fsp3) is 0.571. The van der Waals surface area contributed by atoms with Crippen LogP contribution >= 0.6 is 27.5 Å². The molecule has 5 heteroatoms. The van der Waals surface area contributed by atoms with Crippen molar-refractivity contribution in [2.75, 3.05) is 32.8 Å². The standard InChI is InChI=1S/C14H20BrClN2O/c1-2-17-8-13-10-19-6-5-18(13)9-11-3-4-12(15)7-14(11)16/h3-4,7,13,17H,2,5-6,8-10H2,1H3. The minimum absolute atomic E-state index is 0.424. The van der Waals surface area contributed by atoms with E-state index < -0.39 is 0 Å². The Morgan fingerprint density at radius 2 is 2.37 bits per heavy atom. The van der Waals surface area contributed by atoms with Crippen LogP contribution in [0.25, 0.3) is 0 Å². The van der Waals surface area contributed by atoms with Gasteiger partial charge >= 0.3 is 0 Å². The van der Waals surface area contributed by atoms with E-state index in [4.69, 9.17) is 16.3 Å². The predicted molar refractivity (Wildman–Crippen MR) is 82.7 cm³/mol. The maximum atomic E-state index is 6.30. The Morgan fingerprint density at radius 1 is 1.53 bits per heavy atom. The molecule has 1 saturated heterocycles. The smallest absolute Gasteiger partial charge is 0.0635 e. The molecule has 1 N–H and O–H groups in total. The first-order valence-electron chi connectivity index (χ1n) is 6.67. The quantitative estimate of drug-likeness (QED) is 0.886. The second-order valence-corrected chi connectivity index (χ2v) is 6.07. The molecule has 0 bridgehead atoms. The lowest BCUT2D eigenvalue weighted by atomic mass is 10.1. The number of benzene rings is 1. The summed E-state index contributed by atoms with van der Waals surface area (Å²) in [6, 6.07) is 6.51. The SMILES string of the molecule is CCNCC1COCCN1Cc1ccc(Br)cc1Cl. The summed E-state index contributed by atoms with van der Waals surface area (Å²) in [5.74, 6) is 0. The Labute approximate surface area is 128 Å². The molecule has 1 atom stereocenters. The fourth-order valence-corrected chi connectivity index (χ4v) is 3.00. The largest absolute Gasteiger partial charge is 0.378 e. The lowest BCUT2D eigenvalue weighted by Crippen LogP contribution is -2.49. The van der Waals surface area contributed by atoms with Gasteiger partial charge in [0.25, 0.3) is 0 Å². The van der Waals surface area contributed by atoms with Crippen molar-refractivity contribution in [3.8, 4) is 0 Å². The van der Waals surface area contributed by atoms with Gasteiger partial charge in [-0.05, 0) is 24.2 Å². The van der Waals surface area contributed by atoms with Gasteiger partial charge in [0.2, 0.25) is 0 Å². The molecular weight excluding hydrogens is 328 g/mol. The number of ether oxygens (including phenoxy) is 1. The summed E-state index contributed by atoms with van der Waals surface area (Å²) in [5, 5.41) is 4.22. The maximum Gasteiger partial charge on any atom is 0.0635 e. The topological polar surface area (TPSA) is 24.5 Å². The fourth-order valence-electron chi connectivity index (χ4n) is 2.27. The highest BCUT2D eigenvalue weighted by Crippen LogP contribution is 2.23. The molecule has 2 rings (SSSR count). The third-order valence-corrected chi connectivity index (χ3v) is 4.21. The van der Waals surface area contributed by atoms with Gasteiger partial charge in [0.15, 0.2) is 0 Å². The zero-order valence-corrected chi connectivity index (χ0v) is 13.5. The summed E-state index contributed by atoms with van der Waals surface area (Å²) < 4.78 is 6.60. The van der Waals surface area contributed by atoms with Gasteiger partial charge < -0.3 is 10.1 Å². The van der Waals surface area contributed by atoms with Crippen molar-refractivity contribution in [2.24, 2.45) is 0 Å². The zero-order chi connectivity index (χ0) is 13.7. The van der Waals surface area contributed by atoms with E-state index in [-0.39, 0.29) is 0 Å². The highest BCUT2D eigenvalue weighted by atomic mass is 79.9. The molecule has 19 heavy (non-hydrogen) atoms. The van der Waals surface area contributed by atoms with Gasteiger partial charge in [-0.15, -0.1) is 0 Å². The van der Waals surface area contributed by atoms with E-state index in [1.165, 1.54) is 5.56 Å². The van der Waals surface area contributed by atoms with E-state index in [1.807, 2.05) is 12.1 Å². The number of likely N-dealkylation sites (N-methyl/N-ethyl adjacent to an activating group) is 1. The summed E-state index contributed by atoms with van der Waals surface area (Å²) in [5.41, 5.74) is 1.17. The summed E-state index contributed by atoms with van der Waals surface area (Å²) in [6.07, 6.45) is 0. The third kappa shape index (κ3) is 4.43. The minimum atomic E-state index is 0.424. The summed E-state index contributed by atoms with van der Waals surface area (Å²) in [4.78, 5) is 2.45. The van der Waals surface area contributed by atoms with E-state index in [1.54, 1.807) is 0 Å². The minimum Gasteiger partial charge on any atom is -0.378 e. The number of hydrogen-bond acceptors (Lipinski definition) is 3. The van der Waals surface area contributed by atoms with Crippen LogP contribution in [0.4, 0.5) is 0 Å². The molecule has 0 aliphatic carbocycles. The van der Waals surface area contributed by atoms with Crippen LogP contribution in [0.1, 0.15) is 12.5 Å². The molecule has 3 nitrogen and oxygen atoms in total. The molecule has 1 aromatic rings. The van der Waals surface area contributed by atoms with Gasteiger partial charge in [0, 0.05) is 35.2 Å². The summed E-state index contributed by atoms with van der Waals surface area (Å²) >= 11 is 9.74. The first-order chi connectivity index (χ1) is 9.20. The van der Waals surface area contributed by atoms with Gasteiger partial charge in [0.1, 0.15) is 0 Å². The Hall–Kier alpha value is -0.130. The van der Waals surface area contributed by atoms with E-state index in [9.17, 15) is 0 Å². The average molecular weight is 348 g/mol. The normalized spacial score (nSPS) is 20.7. The predicted octanol–water partition coefficient (Wildman–Crippen LogP) is 2.91. The van der Waals surface area contributed by atoms with Gasteiger partial charge in [-0.2, -0.15) is 0 Å². The number of halogens is 2. The number of morpholine rings is 1. The van der Waals surface area contributed by atoms with E-state index in [2.05, 4.69) is 39.1 Å². The van der Waals surface area contributed by atoms with Crippen LogP contribution in [0.2, 0.25) is 5.02 Å². The van der Waals surface area contributed by atoms with Crippen molar-refractivity contribution < 1.29 is 4.74 Å². The Kier molecular flexibility index (Phi) is 6.10. The van der Waals surface area contributed by atoms with Gasteiger partial charge in [-0.3, -0.25) is 4.90 Å². The lowest BCUT2D eigenvalue weighted by Gasteiger charge is -2.36. The third-order valence-electron chi connectivity index (χ3n) is 3.37. The molecule has 0 amide bonds. The summed E-state index contributed by atoms with van der Waals surface area (Å²) in [7, 11) is 0. The van der Waals surface area contributed by atoms with Crippen LogP contribution in [0.5, 0.6) is 0 Å². The van der Waals surface area contributed by atoms with Crippen molar-refractivity contribution in [3.63, 3.8) is 0 Å². The molecule has 0 aromatic heterocycles. The molecule has 1 aromatic carbocycles. The second-order valence-electron chi connectivity index (χ2n) is 4.74. The molecule has 1 heterocycles. The van der Waals surface area contributed by atoms with Crippen LogP contribution in [0, 0.1) is 0 Å². The van der Waals surface area contributed by atoms with Crippen LogP contribution in [-0.4, -0.2) is 43.8 Å². The molecule has 0 saturated carbocycles. The molecule has 1 aliphatic rings. The number of rotatable bonds is 5. The van der Waals surface area contributed by atoms with Gasteiger partial charge in [0.05, 0.1) is 13.2 Å². The summed E-state index contributed by atoms with van der Waals surface area (Å²) in [6.45, 7) is 7.51. The maximum absolute atomic E-state index is 6.30. The average Bonchev–Trinajstić information content (AvgIpc) is 2.41. The Bertz CT molecular complexity index is 416. The van der Waals surface area contributed by atoms with Gasteiger partial charge in [-0.1, -0.05) is 40.5 Å². The lowest BCUT2D eigenvalue weighted by molar-refractivity contribution is -0.0107. The van der Waals surface area contributed by atoms with Crippen LogP contribution in [0.15, 0.2) is 22.7 Å². The number of nitrogens with one attached hydrogen (secondary N) is 1. The molecule has 1 unspecified atom stereocenters. The van der Waals surface area contributed by atoms with Crippen molar-refractivity contribution in [3.05, 3.63) is 33.3 Å². The molecule has 1 aliphatic heterocycles. The van der Waals surface area contributed by atoms with E-state index >= 15 is 0 Å². The molecule has 106 valence electrons. The molecular formula is C14H20BrClN2O. The van der Waals surface area contributed by atoms with Crippen LogP contribution < -0.4 is 5.32 Å². The number of nitrogens with zero attached hydrogens (tertiary/aromatic N) is 1. The Morgan fingerprint density at radius 3 is 3.11 bits per heavy atom. The van der Waals surface area contributed by atoms with Crippen LogP contribution in [-0.2, 0) is 11.3 Å². The highest BCUT2D eigenvalue weighted by molar-refractivity contribution is 9.10. The first-order valence-corrected chi connectivity index (χ1v) is 7.84. The molecule has 1 fully saturated rings. The first kappa shape index (κ1) is 15.3. The van der Waals surface area contributed by atoms with Crippen molar-refractivity contribution >= 4 is 27.5 Å². The van der Waals surface area contributed by atoms with Crippen molar-refractivity contribution in [1.82, 2.24) is 10.2 Å². The van der Waals surface area contributed by atoms with Crippen molar-refractivity contribution in [1.29, 1.82) is 0 Å². The Balaban J connectivity index is 2.02. The second kappa shape index (κ2) is 7.60. The van der Waals surface area contributed by atoms with E-state index in [0.717, 1.165) is 48.9 Å². The van der Waals surface area contributed by atoms with Crippen LogP contribution in [0.3, 0.4) is 0 Å². The molecule has 0 spiro atoms. The zero-order valence-electron chi connectivity index (χ0n) is 11.2. The monoisotopic (exact) mass is 346 g/mol. The molecule has 0 radical (unpaired) electrons. The number of hydrogen-bond donors (Lipinski definition) is 1. The highest BCUT2D eigenvalue weighted by Gasteiger charge is 2.23. The van der Waals surface area contributed by atoms with E-state index in [0.29, 0.717) is 6.04 Å². The van der Waals surface area contributed by atoms with Gasteiger partial charge in [-0.25, -0.2) is 0 Å².